The van der Waals surface area contributed by atoms with E-state index >= 15 is 0 Å². The highest BCUT2D eigenvalue weighted by atomic mass is 32.3. The monoisotopic (exact) mass is 478 g/mol. The summed E-state index contributed by atoms with van der Waals surface area (Å²) in [6.45, 7) is 9.52. The summed E-state index contributed by atoms with van der Waals surface area (Å²) in [7, 11) is 0. The summed E-state index contributed by atoms with van der Waals surface area (Å²) in [5.74, 6) is -4.82. The van der Waals surface area contributed by atoms with Gasteiger partial charge >= 0.3 is 5.92 Å². The van der Waals surface area contributed by atoms with Crippen LogP contribution in [0.1, 0.15) is 51.3 Å². The van der Waals surface area contributed by atoms with Crippen molar-refractivity contribution in [2.45, 2.75) is 52.5 Å². The lowest BCUT2D eigenvalue weighted by Crippen LogP contribution is -2.37. The van der Waals surface area contributed by atoms with E-state index in [0.717, 1.165) is 11.1 Å². The Morgan fingerprint density at radius 1 is 0.875 bits per heavy atom. The van der Waals surface area contributed by atoms with Crippen molar-refractivity contribution < 1.29 is 25.2 Å². The zero-order valence-electron chi connectivity index (χ0n) is 19.0. The number of carbonyl (C=O) groups excluding carboxylic acids is 1. The highest BCUT2D eigenvalue weighted by molar-refractivity contribution is 8.18. The second-order valence-corrected chi connectivity index (χ2v) is 9.35. The molecule has 0 atom stereocenters. The van der Waals surface area contributed by atoms with E-state index in [2.05, 4.69) is 26.1 Å². The van der Waals surface area contributed by atoms with Gasteiger partial charge < -0.3 is 5.32 Å². The Morgan fingerprint density at radius 2 is 1.38 bits per heavy atom. The number of hydrogen-bond acceptors (Lipinski definition) is 2. The third-order valence-corrected chi connectivity index (χ3v) is 5.79. The van der Waals surface area contributed by atoms with E-state index in [9.17, 15) is 25.2 Å². The fourth-order valence-electron chi connectivity index (χ4n) is 2.71. The van der Waals surface area contributed by atoms with Gasteiger partial charge in [-0.25, -0.2) is 0 Å². The maximum absolute atomic E-state index is 14.1. The molecule has 0 saturated carbocycles. The maximum Gasteiger partial charge on any atom is 0.349 e. The lowest BCUT2D eigenvalue weighted by molar-refractivity contribution is -0.147. The topological polar surface area (TPSA) is 32.3 Å². The van der Waals surface area contributed by atoms with Crippen LogP contribution in [0.2, 0.25) is 0 Å². The molecule has 1 amide bonds. The minimum absolute atomic E-state index is 0.0299. The largest absolute Gasteiger partial charge is 0.349 e. The Bertz CT molecular complexity index is 830. The van der Waals surface area contributed by atoms with Gasteiger partial charge in [0.05, 0.1) is 0 Å². The lowest BCUT2D eigenvalue weighted by atomic mass is 9.87. The number of halogens is 5. The molecular weight excluding hydrogens is 447 g/mol. The van der Waals surface area contributed by atoms with Gasteiger partial charge in [-0.15, -0.1) is 11.7 Å². The first kappa shape index (κ1) is 27.9. The molecule has 0 bridgehead atoms. The number of nitrogens with zero attached hydrogens (tertiary/aromatic N) is 1. The molecule has 2 rings (SSSR count). The number of benzene rings is 2. The summed E-state index contributed by atoms with van der Waals surface area (Å²) in [6.07, 6.45) is 0. The molecule has 32 heavy (non-hydrogen) atoms. The van der Waals surface area contributed by atoms with Crippen LogP contribution in [-0.4, -0.2) is 23.3 Å². The molecule has 2 aromatic rings. The average molecular weight is 479 g/mol. The van der Waals surface area contributed by atoms with Gasteiger partial charge in [-0.05, 0) is 16.5 Å². The molecule has 0 spiro atoms. The molecule has 2 aromatic carbocycles. The molecule has 9 heteroatoms. The molecule has 0 fully saturated rings. The van der Waals surface area contributed by atoms with Crippen molar-refractivity contribution in [2.75, 3.05) is 13.1 Å². The van der Waals surface area contributed by atoms with Crippen molar-refractivity contribution in [2.24, 2.45) is 0 Å². The van der Waals surface area contributed by atoms with E-state index in [1.165, 1.54) is 38.1 Å². The zero-order valence-corrected chi connectivity index (χ0v) is 19.8. The Kier molecular flexibility index (Phi) is 10.2. The van der Waals surface area contributed by atoms with Crippen LogP contribution in [0, 0.1) is 0 Å². The third-order valence-electron chi connectivity index (χ3n) is 4.69. The van der Waals surface area contributed by atoms with Crippen LogP contribution in [0.3, 0.4) is 0 Å². The first-order valence-electron chi connectivity index (χ1n) is 10.2. The van der Waals surface area contributed by atoms with Gasteiger partial charge in [-0.1, -0.05) is 89.2 Å². The van der Waals surface area contributed by atoms with Crippen LogP contribution in [0.4, 0.5) is 20.4 Å². The summed E-state index contributed by atoms with van der Waals surface area (Å²) in [6, 6.07) is 14.7. The predicted octanol–water partition coefficient (Wildman–Crippen LogP) is 7.09. The van der Waals surface area contributed by atoms with Gasteiger partial charge in [-0.2, -0.15) is 13.1 Å². The Balaban J connectivity index is 0.000000482. The highest BCUT2D eigenvalue weighted by Crippen LogP contribution is 2.56. The molecule has 0 radical (unpaired) electrons. The predicted molar refractivity (Wildman–Crippen MR) is 121 cm³/mol. The number of carbonyl (C=O) groups is 1. The van der Waals surface area contributed by atoms with Crippen molar-refractivity contribution in [3.8, 4) is 0 Å². The van der Waals surface area contributed by atoms with Gasteiger partial charge in [0, 0.05) is 25.2 Å². The SMILES string of the molecule is CC(C)(C)c1ccc(CNC(=O)C(F)(F)c2ccccc2)cc1.CCN(CC)S(F)(F)F. The first-order valence-corrected chi connectivity index (χ1v) is 11.5. The minimum Gasteiger partial charge on any atom is -0.346 e. The lowest BCUT2D eigenvalue weighted by Gasteiger charge is -2.23. The fourth-order valence-corrected chi connectivity index (χ4v) is 3.30. The number of rotatable bonds is 7. The van der Waals surface area contributed by atoms with Crippen molar-refractivity contribution in [1.82, 2.24) is 9.62 Å². The summed E-state index contributed by atoms with van der Waals surface area (Å²) in [4.78, 5) is 11.8. The molecule has 0 heterocycles. The van der Waals surface area contributed by atoms with E-state index in [-0.39, 0.29) is 30.6 Å². The molecule has 3 nitrogen and oxygen atoms in total. The third kappa shape index (κ3) is 8.43. The van der Waals surface area contributed by atoms with E-state index in [0.29, 0.717) is 4.31 Å². The Morgan fingerprint density at radius 3 is 1.75 bits per heavy atom. The summed E-state index contributed by atoms with van der Waals surface area (Å²) in [5, 5.41) is 2.31. The molecule has 0 aliphatic heterocycles. The van der Waals surface area contributed by atoms with Crippen LogP contribution < -0.4 is 5.32 Å². The van der Waals surface area contributed by atoms with Crippen molar-refractivity contribution in [3.63, 3.8) is 0 Å². The van der Waals surface area contributed by atoms with E-state index in [4.69, 9.17) is 0 Å². The minimum atomic E-state index is -4.93. The number of hydrogen-bond donors (Lipinski definition) is 1. The van der Waals surface area contributed by atoms with Crippen LogP contribution in [0.25, 0.3) is 0 Å². The van der Waals surface area contributed by atoms with Gasteiger partial charge in [0.25, 0.3) is 17.3 Å². The summed E-state index contributed by atoms with van der Waals surface area (Å²) in [5.41, 5.74) is 1.67. The van der Waals surface area contributed by atoms with E-state index in [1.807, 2.05) is 24.3 Å². The van der Waals surface area contributed by atoms with Gasteiger partial charge in [0.15, 0.2) is 0 Å². The second-order valence-electron chi connectivity index (χ2n) is 8.07. The smallest absolute Gasteiger partial charge is 0.346 e. The van der Waals surface area contributed by atoms with Crippen LogP contribution >= 0.6 is 11.4 Å². The van der Waals surface area contributed by atoms with Gasteiger partial charge in [-0.3, -0.25) is 4.79 Å². The van der Waals surface area contributed by atoms with E-state index in [1.54, 1.807) is 6.07 Å². The molecule has 0 aromatic heterocycles. The molecule has 0 aliphatic carbocycles. The maximum atomic E-state index is 14.1. The zero-order chi connectivity index (χ0) is 24.6. The molecule has 0 aliphatic rings. The molecular formula is C23H31F5N2OS. The quantitative estimate of drug-likeness (QED) is 0.431. The average Bonchev–Trinajstić information content (AvgIpc) is 2.72. The van der Waals surface area contributed by atoms with Crippen molar-refractivity contribution in [1.29, 1.82) is 0 Å². The van der Waals surface area contributed by atoms with Crippen molar-refractivity contribution >= 4 is 17.3 Å². The van der Waals surface area contributed by atoms with Crippen LogP contribution in [0.5, 0.6) is 0 Å². The Hall–Kier alpha value is -2.13. The summed E-state index contributed by atoms with van der Waals surface area (Å²) >= 11 is -4.93. The molecule has 1 N–H and O–H groups in total. The normalized spacial score (nSPS) is 12.7. The molecule has 0 saturated heterocycles. The number of nitrogens with one attached hydrogen (secondary N) is 1. The fraction of sp³-hybridized carbons (Fsp3) is 0.435. The van der Waals surface area contributed by atoms with Crippen LogP contribution in [-0.2, 0) is 22.7 Å². The van der Waals surface area contributed by atoms with Gasteiger partial charge in [0.1, 0.15) is 0 Å². The van der Waals surface area contributed by atoms with Crippen LogP contribution in [0.15, 0.2) is 54.6 Å². The number of amides is 1. The summed E-state index contributed by atoms with van der Waals surface area (Å²) < 4.78 is 63.8. The molecule has 180 valence electrons. The van der Waals surface area contributed by atoms with E-state index < -0.39 is 23.2 Å². The standard InChI is InChI=1S/C19H21F2NO.C4H10F3NS/c1-18(2,3)15-11-9-14(10-12-15)13-22-17(23)19(20,21)16-7-5-4-6-8-16;1-3-8(4-2)9(5,6)7/h4-12H,13H2,1-3H3,(H,22,23);3-4H2,1-2H3. The van der Waals surface area contributed by atoms with Crippen molar-refractivity contribution in [3.05, 3.63) is 71.3 Å². The first-order chi connectivity index (χ1) is 14.7. The highest BCUT2D eigenvalue weighted by Gasteiger charge is 2.40. The molecule has 0 unspecified atom stereocenters. The second kappa shape index (κ2) is 11.7. The Labute approximate surface area is 189 Å². The van der Waals surface area contributed by atoms with Gasteiger partial charge in [0.2, 0.25) is 0 Å². The number of alkyl halides is 2.